The third kappa shape index (κ3) is 2.69. The first-order valence-electron chi connectivity index (χ1n) is 5.22. The van der Waals surface area contributed by atoms with Crippen LogP contribution in [0.2, 0.25) is 0 Å². The van der Waals surface area contributed by atoms with Crippen molar-refractivity contribution in [3.63, 3.8) is 0 Å². The van der Waals surface area contributed by atoms with Crippen LogP contribution in [-0.2, 0) is 0 Å². The fourth-order valence-electron chi connectivity index (χ4n) is 1.36. The molecule has 0 radical (unpaired) electrons. The molecule has 0 unspecified atom stereocenters. The van der Waals surface area contributed by atoms with Gasteiger partial charge in [-0.15, -0.1) is 0 Å². The van der Waals surface area contributed by atoms with Crippen LogP contribution in [0.25, 0.3) is 0 Å². The highest BCUT2D eigenvalue weighted by Crippen LogP contribution is 2.16. The summed E-state index contributed by atoms with van der Waals surface area (Å²) < 4.78 is 0. The molecule has 0 atom stereocenters. The van der Waals surface area contributed by atoms with Crippen molar-refractivity contribution in [1.29, 1.82) is 0 Å². The number of anilines is 1. The summed E-state index contributed by atoms with van der Waals surface area (Å²) in [4.78, 5) is 8.72. The number of rotatable bonds is 4. The minimum Gasteiger partial charge on any atom is -0.354 e. The van der Waals surface area contributed by atoms with Crippen LogP contribution in [0.5, 0.6) is 0 Å². The van der Waals surface area contributed by atoms with Gasteiger partial charge in [0.25, 0.3) is 0 Å². The average molecular weight is 193 g/mol. The average Bonchev–Trinajstić information content (AvgIpc) is 2.16. The van der Waals surface area contributed by atoms with Gasteiger partial charge in [-0.1, -0.05) is 20.8 Å². The summed E-state index contributed by atoms with van der Waals surface area (Å²) in [6, 6.07) is 0. The number of hydrogen-bond acceptors (Lipinski definition) is 3. The molecule has 0 fully saturated rings. The van der Waals surface area contributed by atoms with Gasteiger partial charge >= 0.3 is 0 Å². The van der Waals surface area contributed by atoms with Crippen LogP contribution >= 0.6 is 0 Å². The Bertz CT molecular complexity index is 295. The molecule has 0 saturated heterocycles. The Kier molecular flexibility index (Phi) is 3.86. The number of nitrogens with one attached hydrogen (secondary N) is 1. The summed E-state index contributed by atoms with van der Waals surface area (Å²) in [7, 11) is 0. The Balaban J connectivity index is 2.83. The van der Waals surface area contributed by atoms with Crippen molar-refractivity contribution in [3.8, 4) is 0 Å². The van der Waals surface area contributed by atoms with E-state index in [2.05, 4.69) is 43.0 Å². The van der Waals surface area contributed by atoms with Gasteiger partial charge in [-0.3, -0.25) is 0 Å². The molecule has 0 bridgehead atoms. The van der Waals surface area contributed by atoms with Gasteiger partial charge < -0.3 is 5.32 Å². The predicted octanol–water partition coefficient (Wildman–Crippen LogP) is 2.73. The fraction of sp³-hybridized carbons (Fsp3) is 0.636. The lowest BCUT2D eigenvalue weighted by molar-refractivity contribution is 0.799. The Hall–Kier alpha value is -1.12. The molecule has 1 aromatic rings. The summed E-state index contributed by atoms with van der Waals surface area (Å²) in [5.74, 6) is 1.21. The van der Waals surface area contributed by atoms with Crippen LogP contribution < -0.4 is 5.32 Å². The molecule has 0 spiro atoms. The molecule has 14 heavy (non-hydrogen) atoms. The molecule has 0 aliphatic rings. The monoisotopic (exact) mass is 193 g/mol. The highest BCUT2D eigenvalue weighted by Gasteiger charge is 2.06. The third-order valence-corrected chi connectivity index (χ3v) is 2.09. The smallest absolute Gasteiger partial charge is 0.222 e. The number of hydrogen-bond donors (Lipinski definition) is 1. The zero-order valence-corrected chi connectivity index (χ0v) is 9.46. The second-order valence-corrected chi connectivity index (χ2v) is 3.84. The molecule has 3 heteroatoms. The van der Waals surface area contributed by atoms with E-state index in [9.17, 15) is 0 Å². The fourth-order valence-corrected chi connectivity index (χ4v) is 1.36. The predicted molar refractivity (Wildman–Crippen MR) is 59.6 cm³/mol. The van der Waals surface area contributed by atoms with Crippen molar-refractivity contribution in [2.75, 3.05) is 11.9 Å². The lowest BCUT2D eigenvalue weighted by atomic mass is 10.1. The van der Waals surface area contributed by atoms with E-state index in [1.54, 1.807) is 0 Å². The first-order valence-corrected chi connectivity index (χ1v) is 5.22. The van der Waals surface area contributed by atoms with Gasteiger partial charge in [0, 0.05) is 12.7 Å². The molecule has 0 amide bonds. The van der Waals surface area contributed by atoms with Crippen LogP contribution in [0.4, 0.5) is 5.95 Å². The molecule has 1 N–H and O–H groups in total. The molecule has 1 aromatic heterocycles. The van der Waals surface area contributed by atoms with E-state index in [1.165, 1.54) is 5.56 Å². The summed E-state index contributed by atoms with van der Waals surface area (Å²) in [6.45, 7) is 9.42. The molecular weight excluding hydrogens is 174 g/mol. The molecule has 3 nitrogen and oxygen atoms in total. The largest absolute Gasteiger partial charge is 0.354 e. The van der Waals surface area contributed by atoms with Crippen molar-refractivity contribution in [2.24, 2.45) is 0 Å². The highest BCUT2D eigenvalue weighted by molar-refractivity contribution is 5.30. The molecule has 0 aliphatic heterocycles. The second-order valence-electron chi connectivity index (χ2n) is 3.84. The van der Waals surface area contributed by atoms with Crippen molar-refractivity contribution in [1.82, 2.24) is 9.97 Å². The first-order chi connectivity index (χ1) is 6.65. The van der Waals surface area contributed by atoms with Gasteiger partial charge in [-0.05, 0) is 24.8 Å². The van der Waals surface area contributed by atoms with Gasteiger partial charge in [0.1, 0.15) is 0 Å². The van der Waals surface area contributed by atoms with Crippen molar-refractivity contribution < 1.29 is 0 Å². The van der Waals surface area contributed by atoms with E-state index in [1.807, 2.05) is 6.20 Å². The minimum atomic E-state index is 0.458. The van der Waals surface area contributed by atoms with Crippen molar-refractivity contribution in [2.45, 2.75) is 40.0 Å². The zero-order valence-electron chi connectivity index (χ0n) is 9.46. The van der Waals surface area contributed by atoms with Crippen LogP contribution in [0.1, 0.15) is 44.4 Å². The van der Waals surface area contributed by atoms with E-state index >= 15 is 0 Å². The SMILES string of the molecule is CCCNc1ncc(C)c(C(C)C)n1. The van der Waals surface area contributed by atoms with Crippen LogP contribution in [-0.4, -0.2) is 16.5 Å². The standard InChI is InChI=1S/C11H19N3/c1-5-6-12-11-13-7-9(4)10(14-11)8(2)3/h7-8H,5-6H2,1-4H3,(H,12,13,14). The Labute approximate surface area is 86.0 Å². The maximum Gasteiger partial charge on any atom is 0.222 e. The zero-order chi connectivity index (χ0) is 10.6. The number of aryl methyl sites for hydroxylation is 1. The molecule has 0 aliphatic carbocycles. The molecule has 1 rings (SSSR count). The van der Waals surface area contributed by atoms with Gasteiger partial charge in [0.15, 0.2) is 0 Å². The maximum atomic E-state index is 4.49. The third-order valence-electron chi connectivity index (χ3n) is 2.09. The van der Waals surface area contributed by atoms with E-state index < -0.39 is 0 Å². The van der Waals surface area contributed by atoms with Crippen molar-refractivity contribution in [3.05, 3.63) is 17.5 Å². The second kappa shape index (κ2) is 4.94. The van der Waals surface area contributed by atoms with E-state index in [0.29, 0.717) is 5.92 Å². The van der Waals surface area contributed by atoms with Gasteiger partial charge in [0.05, 0.1) is 5.69 Å². The molecule has 78 valence electrons. The van der Waals surface area contributed by atoms with E-state index in [-0.39, 0.29) is 0 Å². The minimum absolute atomic E-state index is 0.458. The van der Waals surface area contributed by atoms with Crippen LogP contribution in [0, 0.1) is 6.92 Å². The lowest BCUT2D eigenvalue weighted by Crippen LogP contribution is -2.07. The molecule has 1 heterocycles. The normalized spacial score (nSPS) is 10.6. The van der Waals surface area contributed by atoms with Gasteiger partial charge in [-0.25, -0.2) is 9.97 Å². The Morgan fingerprint density at radius 1 is 1.43 bits per heavy atom. The Morgan fingerprint density at radius 2 is 2.14 bits per heavy atom. The van der Waals surface area contributed by atoms with E-state index in [4.69, 9.17) is 0 Å². The van der Waals surface area contributed by atoms with Gasteiger partial charge in [0.2, 0.25) is 5.95 Å². The number of nitrogens with zero attached hydrogens (tertiary/aromatic N) is 2. The molecule has 0 aromatic carbocycles. The van der Waals surface area contributed by atoms with Crippen LogP contribution in [0.15, 0.2) is 6.20 Å². The maximum absolute atomic E-state index is 4.49. The molecule has 0 saturated carbocycles. The topological polar surface area (TPSA) is 37.8 Å². The highest BCUT2D eigenvalue weighted by atomic mass is 15.1. The van der Waals surface area contributed by atoms with Gasteiger partial charge in [-0.2, -0.15) is 0 Å². The first kappa shape index (κ1) is 11.0. The Morgan fingerprint density at radius 3 is 2.71 bits per heavy atom. The summed E-state index contributed by atoms with van der Waals surface area (Å²) in [5, 5.41) is 3.19. The van der Waals surface area contributed by atoms with Crippen LogP contribution in [0.3, 0.4) is 0 Å². The summed E-state index contributed by atoms with van der Waals surface area (Å²) in [6.07, 6.45) is 2.98. The number of aromatic nitrogens is 2. The molecular formula is C11H19N3. The summed E-state index contributed by atoms with van der Waals surface area (Å²) >= 11 is 0. The lowest BCUT2D eigenvalue weighted by Gasteiger charge is -2.10. The quantitative estimate of drug-likeness (QED) is 0.799. The van der Waals surface area contributed by atoms with Crippen molar-refractivity contribution >= 4 is 5.95 Å². The summed E-state index contributed by atoms with van der Waals surface area (Å²) in [5.41, 5.74) is 2.31. The van der Waals surface area contributed by atoms with E-state index in [0.717, 1.165) is 24.6 Å².